The number of methoxy groups -OCH3 is 1. The van der Waals surface area contributed by atoms with Crippen LogP contribution in [0.3, 0.4) is 0 Å². The molecule has 0 amide bonds. The molecule has 0 saturated heterocycles. The van der Waals surface area contributed by atoms with Crippen molar-refractivity contribution in [2.45, 2.75) is 13.0 Å². The largest absolute Gasteiger partial charge is 0.465 e. The Morgan fingerprint density at radius 3 is 3.00 bits per heavy atom. The molecule has 7 heteroatoms. The fourth-order valence-electron chi connectivity index (χ4n) is 1.09. The van der Waals surface area contributed by atoms with Crippen LogP contribution in [0.4, 0.5) is 5.69 Å². The highest BCUT2D eigenvalue weighted by Crippen LogP contribution is 2.22. The van der Waals surface area contributed by atoms with Gasteiger partial charge in [0.2, 0.25) is 0 Å². The predicted octanol–water partition coefficient (Wildman–Crippen LogP) is 1.20. The van der Waals surface area contributed by atoms with Crippen molar-refractivity contribution in [2.24, 2.45) is 0 Å². The lowest BCUT2D eigenvalue weighted by molar-refractivity contribution is 0.0607. The molecule has 3 N–H and O–H groups in total. The van der Waals surface area contributed by atoms with E-state index in [0.29, 0.717) is 15.7 Å². The molecule has 0 saturated carbocycles. The molecule has 0 aliphatic carbocycles. The molecule has 1 rings (SSSR count). The lowest BCUT2D eigenvalue weighted by Gasteiger charge is -2.14. The van der Waals surface area contributed by atoms with Crippen LogP contribution < -0.4 is 10.6 Å². The summed E-state index contributed by atoms with van der Waals surface area (Å²) in [4.78, 5) is 11.9. The number of thiocarbonyl (C=S) groups is 1. The van der Waals surface area contributed by atoms with Gasteiger partial charge in [0.05, 0.1) is 19.4 Å². The third kappa shape index (κ3) is 3.95. The zero-order valence-corrected chi connectivity index (χ0v) is 11.2. The van der Waals surface area contributed by atoms with E-state index in [9.17, 15) is 4.79 Å². The standard InChI is InChI=1S/C10H14N2O3S2/c1-6(5-13)11-10(16)12-7-3-4-17-8(7)9(14)15-2/h3-4,6,13H,5H2,1-2H3,(H2,11,12,16)/t6-/m0/s1. The Kier molecular flexibility index (Phi) is 5.33. The second kappa shape index (κ2) is 6.53. The summed E-state index contributed by atoms with van der Waals surface area (Å²) in [5.41, 5.74) is 0.601. The van der Waals surface area contributed by atoms with Gasteiger partial charge in [0.1, 0.15) is 4.88 Å². The number of rotatable bonds is 4. The van der Waals surface area contributed by atoms with E-state index in [4.69, 9.17) is 17.3 Å². The maximum absolute atomic E-state index is 11.4. The van der Waals surface area contributed by atoms with Crippen molar-refractivity contribution < 1.29 is 14.6 Å². The Morgan fingerprint density at radius 1 is 1.71 bits per heavy atom. The molecule has 1 atom stereocenters. The zero-order valence-electron chi connectivity index (χ0n) is 9.52. The lowest BCUT2D eigenvalue weighted by atomic mass is 10.3. The van der Waals surface area contributed by atoms with E-state index in [-0.39, 0.29) is 12.6 Å². The summed E-state index contributed by atoms with van der Waals surface area (Å²) in [6.45, 7) is 1.78. The van der Waals surface area contributed by atoms with Crippen LogP contribution in [0.1, 0.15) is 16.6 Å². The quantitative estimate of drug-likeness (QED) is 0.566. The van der Waals surface area contributed by atoms with Gasteiger partial charge in [-0.05, 0) is 30.6 Å². The molecule has 5 nitrogen and oxygen atoms in total. The van der Waals surface area contributed by atoms with Gasteiger partial charge in [0.25, 0.3) is 0 Å². The van der Waals surface area contributed by atoms with Crippen molar-refractivity contribution in [3.8, 4) is 0 Å². The van der Waals surface area contributed by atoms with Crippen molar-refractivity contribution in [1.82, 2.24) is 5.32 Å². The maximum atomic E-state index is 11.4. The molecule has 94 valence electrons. The van der Waals surface area contributed by atoms with Crippen LogP contribution in [0, 0.1) is 0 Å². The first-order valence-electron chi connectivity index (χ1n) is 4.92. The fourth-order valence-corrected chi connectivity index (χ4v) is 2.16. The number of thiophene rings is 1. The Morgan fingerprint density at radius 2 is 2.41 bits per heavy atom. The molecule has 0 radical (unpaired) electrons. The van der Waals surface area contributed by atoms with E-state index in [2.05, 4.69) is 15.4 Å². The van der Waals surface area contributed by atoms with E-state index in [1.54, 1.807) is 18.4 Å². The van der Waals surface area contributed by atoms with Gasteiger partial charge in [-0.15, -0.1) is 11.3 Å². The van der Waals surface area contributed by atoms with Crippen LogP contribution >= 0.6 is 23.6 Å². The molecule has 0 aliphatic heterocycles. The number of hydrogen-bond donors (Lipinski definition) is 3. The normalized spacial score (nSPS) is 11.7. The first-order valence-corrected chi connectivity index (χ1v) is 6.21. The summed E-state index contributed by atoms with van der Waals surface area (Å²) < 4.78 is 4.65. The number of ether oxygens (including phenoxy) is 1. The molecule has 0 unspecified atom stereocenters. The molecule has 1 aromatic heterocycles. The summed E-state index contributed by atoms with van der Waals surface area (Å²) >= 11 is 6.32. The number of aliphatic hydroxyl groups is 1. The summed E-state index contributed by atoms with van der Waals surface area (Å²) in [6.07, 6.45) is 0. The van der Waals surface area contributed by atoms with E-state index in [1.807, 2.05) is 0 Å². The molecule has 0 fully saturated rings. The average molecular weight is 274 g/mol. The van der Waals surface area contributed by atoms with Crippen molar-refractivity contribution in [3.05, 3.63) is 16.3 Å². The maximum Gasteiger partial charge on any atom is 0.350 e. The molecular formula is C10H14N2O3S2. The Labute approximate surface area is 109 Å². The van der Waals surface area contributed by atoms with Gasteiger partial charge in [-0.3, -0.25) is 0 Å². The Hall–Kier alpha value is -1.18. The highest BCUT2D eigenvalue weighted by molar-refractivity contribution is 7.80. The van der Waals surface area contributed by atoms with Crippen LogP contribution in [0.25, 0.3) is 0 Å². The number of hydrogen-bond acceptors (Lipinski definition) is 5. The van der Waals surface area contributed by atoms with E-state index < -0.39 is 5.97 Å². The zero-order chi connectivity index (χ0) is 12.8. The predicted molar refractivity (Wildman–Crippen MR) is 71.6 cm³/mol. The molecule has 1 heterocycles. The Bertz CT molecular complexity index is 406. The molecule has 0 aliphatic rings. The minimum absolute atomic E-state index is 0.0185. The van der Waals surface area contributed by atoms with E-state index in [0.717, 1.165) is 0 Å². The summed E-state index contributed by atoms with van der Waals surface area (Å²) in [5, 5.41) is 16.8. The molecule has 0 aromatic carbocycles. The van der Waals surface area contributed by atoms with Crippen LogP contribution in [0.2, 0.25) is 0 Å². The van der Waals surface area contributed by atoms with Crippen molar-refractivity contribution >= 4 is 40.3 Å². The molecule has 17 heavy (non-hydrogen) atoms. The Balaban J connectivity index is 2.66. The molecule has 0 spiro atoms. The SMILES string of the molecule is COC(=O)c1sccc1NC(=S)N[C@@H](C)CO. The topological polar surface area (TPSA) is 70.6 Å². The van der Waals surface area contributed by atoms with Crippen molar-refractivity contribution in [1.29, 1.82) is 0 Å². The second-order valence-electron chi connectivity index (χ2n) is 3.34. The lowest BCUT2D eigenvalue weighted by Crippen LogP contribution is -2.38. The van der Waals surface area contributed by atoms with Crippen molar-refractivity contribution in [3.63, 3.8) is 0 Å². The number of anilines is 1. The summed E-state index contributed by atoms with van der Waals surface area (Å²) in [5.74, 6) is -0.402. The third-order valence-corrected chi connectivity index (χ3v) is 3.05. The van der Waals surface area contributed by atoms with Gasteiger partial charge >= 0.3 is 5.97 Å². The van der Waals surface area contributed by atoms with Gasteiger partial charge < -0.3 is 20.5 Å². The van der Waals surface area contributed by atoms with Gasteiger partial charge in [-0.25, -0.2) is 4.79 Å². The van der Waals surface area contributed by atoms with Gasteiger partial charge in [0, 0.05) is 6.04 Å². The van der Waals surface area contributed by atoms with Crippen molar-refractivity contribution in [2.75, 3.05) is 19.0 Å². The van der Waals surface area contributed by atoms with Crippen LogP contribution in [-0.2, 0) is 4.74 Å². The van der Waals surface area contributed by atoms with E-state index in [1.165, 1.54) is 18.4 Å². The van der Waals surface area contributed by atoms with E-state index >= 15 is 0 Å². The molecular weight excluding hydrogens is 260 g/mol. The first kappa shape index (κ1) is 13.9. The summed E-state index contributed by atoms with van der Waals surface area (Å²) in [7, 11) is 1.33. The van der Waals surface area contributed by atoms with Crippen LogP contribution in [0.5, 0.6) is 0 Å². The molecule has 1 aromatic rings. The first-order chi connectivity index (χ1) is 8.08. The van der Waals surface area contributed by atoms with Gasteiger partial charge in [-0.1, -0.05) is 0 Å². The number of aliphatic hydroxyl groups excluding tert-OH is 1. The van der Waals surface area contributed by atoms with Gasteiger partial charge in [-0.2, -0.15) is 0 Å². The smallest absolute Gasteiger partial charge is 0.350 e. The second-order valence-corrected chi connectivity index (χ2v) is 4.66. The highest BCUT2D eigenvalue weighted by Gasteiger charge is 2.14. The third-order valence-electron chi connectivity index (χ3n) is 1.94. The number of carbonyl (C=O) groups is 1. The minimum Gasteiger partial charge on any atom is -0.465 e. The fraction of sp³-hybridized carbons (Fsp3) is 0.400. The van der Waals surface area contributed by atoms with Gasteiger partial charge in [0.15, 0.2) is 5.11 Å². The molecule has 0 bridgehead atoms. The van der Waals surface area contributed by atoms with Crippen LogP contribution in [0.15, 0.2) is 11.4 Å². The summed E-state index contributed by atoms with van der Waals surface area (Å²) in [6, 6.07) is 1.60. The van der Waals surface area contributed by atoms with Crippen LogP contribution in [-0.4, -0.2) is 35.9 Å². The monoisotopic (exact) mass is 274 g/mol. The number of carbonyl (C=O) groups excluding carboxylic acids is 1. The minimum atomic E-state index is -0.402. The highest BCUT2D eigenvalue weighted by atomic mass is 32.1. The number of nitrogens with one attached hydrogen (secondary N) is 2. The number of esters is 1. The average Bonchev–Trinajstić information content (AvgIpc) is 2.75.